The summed E-state index contributed by atoms with van der Waals surface area (Å²) in [5.74, 6) is 0.680. The average Bonchev–Trinajstić information content (AvgIpc) is 2.76. The van der Waals surface area contributed by atoms with Gasteiger partial charge in [-0.2, -0.15) is 0 Å². The lowest BCUT2D eigenvalue weighted by Crippen LogP contribution is -2.47. The average molecular weight is 339 g/mol. The van der Waals surface area contributed by atoms with Crippen molar-refractivity contribution in [3.05, 3.63) is 27.4 Å². The molecule has 1 N–H and O–H groups in total. The summed E-state index contributed by atoms with van der Waals surface area (Å²) < 4.78 is 25.5. The first kappa shape index (κ1) is 16.6. The molecule has 1 aliphatic heterocycles. The van der Waals surface area contributed by atoms with Crippen molar-refractivity contribution in [1.82, 2.24) is 14.3 Å². The normalized spacial score (nSPS) is 25.7. The van der Waals surface area contributed by atoms with Crippen molar-refractivity contribution in [2.24, 2.45) is 0 Å². The van der Waals surface area contributed by atoms with Gasteiger partial charge in [0.2, 0.25) is 10.0 Å². The Morgan fingerprint density at radius 3 is 2.57 bits per heavy atom. The molecule has 1 aromatic rings. The Bertz CT molecular complexity index is 792. The zero-order valence-corrected chi connectivity index (χ0v) is 15.1. The first-order chi connectivity index (χ1) is 10.5. The second-order valence-corrected chi connectivity index (χ2v) is 9.95. The van der Waals surface area contributed by atoms with Crippen molar-refractivity contribution in [3.8, 4) is 0 Å². The van der Waals surface area contributed by atoms with Gasteiger partial charge in [0.05, 0.1) is 11.9 Å². The van der Waals surface area contributed by atoms with Crippen LogP contribution in [0.1, 0.15) is 57.1 Å². The molecule has 1 unspecified atom stereocenters. The van der Waals surface area contributed by atoms with Crippen molar-refractivity contribution < 1.29 is 8.42 Å². The molecule has 1 saturated heterocycles. The van der Waals surface area contributed by atoms with Crippen molar-refractivity contribution >= 4 is 10.0 Å². The third-order valence-corrected chi connectivity index (χ3v) is 6.34. The van der Waals surface area contributed by atoms with E-state index in [0.717, 1.165) is 30.5 Å². The highest BCUT2D eigenvalue weighted by Crippen LogP contribution is 2.43. The molecular formula is C16H25N3O3S. The SMILES string of the molecule is CC(C)(C)c1nc2c(c(=O)[nH]1)CCC21CCCN(S(C)(=O)=O)C1. The summed E-state index contributed by atoms with van der Waals surface area (Å²) >= 11 is 0. The van der Waals surface area contributed by atoms with Gasteiger partial charge in [0.15, 0.2) is 0 Å². The van der Waals surface area contributed by atoms with Crippen LogP contribution in [0.2, 0.25) is 0 Å². The largest absolute Gasteiger partial charge is 0.310 e. The van der Waals surface area contributed by atoms with Crippen LogP contribution in [-0.2, 0) is 27.3 Å². The molecular weight excluding hydrogens is 314 g/mol. The zero-order chi connectivity index (χ0) is 17.0. The number of nitrogens with zero attached hydrogens (tertiary/aromatic N) is 2. The number of nitrogens with one attached hydrogen (secondary N) is 1. The molecule has 0 radical (unpaired) electrons. The van der Waals surface area contributed by atoms with Gasteiger partial charge in [0.1, 0.15) is 5.82 Å². The number of hydrogen-bond donors (Lipinski definition) is 1. The van der Waals surface area contributed by atoms with E-state index in [2.05, 4.69) is 4.98 Å². The number of aromatic amines is 1. The summed E-state index contributed by atoms with van der Waals surface area (Å²) in [7, 11) is -3.22. The highest BCUT2D eigenvalue weighted by molar-refractivity contribution is 7.88. The molecule has 1 atom stereocenters. The van der Waals surface area contributed by atoms with Crippen molar-refractivity contribution in [3.63, 3.8) is 0 Å². The van der Waals surface area contributed by atoms with Crippen molar-refractivity contribution in [1.29, 1.82) is 0 Å². The summed E-state index contributed by atoms with van der Waals surface area (Å²) in [6.07, 6.45) is 4.45. The molecule has 0 aromatic carbocycles. The van der Waals surface area contributed by atoms with Gasteiger partial charge in [-0.05, 0) is 25.7 Å². The summed E-state index contributed by atoms with van der Waals surface area (Å²) in [5, 5.41) is 0. The fraction of sp³-hybridized carbons (Fsp3) is 0.750. The fourth-order valence-electron chi connectivity index (χ4n) is 3.78. The molecule has 1 aromatic heterocycles. The van der Waals surface area contributed by atoms with Crippen LogP contribution in [0.15, 0.2) is 4.79 Å². The molecule has 6 nitrogen and oxygen atoms in total. The lowest BCUT2D eigenvalue weighted by Gasteiger charge is -2.39. The number of fused-ring (bicyclic) bond motifs is 2. The molecule has 0 amide bonds. The quantitative estimate of drug-likeness (QED) is 0.836. The van der Waals surface area contributed by atoms with Crippen LogP contribution < -0.4 is 5.56 Å². The maximum Gasteiger partial charge on any atom is 0.254 e. The van der Waals surface area contributed by atoms with Crippen LogP contribution >= 0.6 is 0 Å². The molecule has 1 fully saturated rings. The smallest absolute Gasteiger partial charge is 0.254 e. The topological polar surface area (TPSA) is 83.1 Å². The van der Waals surface area contributed by atoms with Gasteiger partial charge < -0.3 is 4.98 Å². The molecule has 23 heavy (non-hydrogen) atoms. The van der Waals surface area contributed by atoms with E-state index in [0.29, 0.717) is 25.3 Å². The zero-order valence-electron chi connectivity index (χ0n) is 14.3. The highest BCUT2D eigenvalue weighted by atomic mass is 32.2. The Hall–Kier alpha value is -1.21. The monoisotopic (exact) mass is 339 g/mol. The Balaban J connectivity index is 2.10. The molecule has 128 valence electrons. The molecule has 2 aliphatic rings. The lowest BCUT2D eigenvalue weighted by atomic mass is 9.78. The first-order valence-electron chi connectivity index (χ1n) is 8.12. The minimum atomic E-state index is -3.22. The van der Waals surface area contributed by atoms with E-state index in [1.807, 2.05) is 20.8 Å². The second-order valence-electron chi connectivity index (χ2n) is 7.97. The van der Waals surface area contributed by atoms with E-state index < -0.39 is 10.0 Å². The number of hydrogen-bond acceptors (Lipinski definition) is 4. The lowest BCUT2D eigenvalue weighted by molar-refractivity contribution is 0.219. The maximum absolute atomic E-state index is 12.5. The number of piperidine rings is 1. The van der Waals surface area contributed by atoms with Crippen LogP contribution in [-0.4, -0.2) is 42.0 Å². The summed E-state index contributed by atoms with van der Waals surface area (Å²) in [6, 6.07) is 0. The highest BCUT2D eigenvalue weighted by Gasteiger charge is 2.46. The third kappa shape index (κ3) is 2.85. The Morgan fingerprint density at radius 1 is 1.26 bits per heavy atom. The predicted molar refractivity (Wildman–Crippen MR) is 89.2 cm³/mol. The molecule has 1 aliphatic carbocycles. The van der Waals surface area contributed by atoms with E-state index in [1.165, 1.54) is 6.26 Å². The molecule has 2 heterocycles. The van der Waals surface area contributed by atoms with Gasteiger partial charge in [0, 0.05) is 29.5 Å². The van der Waals surface area contributed by atoms with Gasteiger partial charge in [-0.1, -0.05) is 20.8 Å². The Labute approximate surface area is 137 Å². The molecule has 0 saturated carbocycles. The van der Waals surface area contributed by atoms with Crippen LogP contribution in [0, 0.1) is 0 Å². The summed E-state index contributed by atoms with van der Waals surface area (Å²) in [4.78, 5) is 20.2. The molecule has 3 rings (SSSR count). The van der Waals surface area contributed by atoms with E-state index in [1.54, 1.807) is 4.31 Å². The van der Waals surface area contributed by atoms with Gasteiger partial charge >= 0.3 is 0 Å². The maximum atomic E-state index is 12.5. The van der Waals surface area contributed by atoms with Crippen LogP contribution in [0.4, 0.5) is 0 Å². The summed E-state index contributed by atoms with van der Waals surface area (Å²) in [5.41, 5.74) is 0.967. The second kappa shape index (κ2) is 5.14. The van der Waals surface area contributed by atoms with Gasteiger partial charge in [0.25, 0.3) is 5.56 Å². The van der Waals surface area contributed by atoms with E-state index >= 15 is 0 Å². The van der Waals surface area contributed by atoms with Crippen LogP contribution in [0.25, 0.3) is 0 Å². The van der Waals surface area contributed by atoms with Crippen LogP contribution in [0.5, 0.6) is 0 Å². The third-order valence-electron chi connectivity index (χ3n) is 5.09. The molecule has 7 heteroatoms. The number of H-pyrrole nitrogens is 1. The van der Waals surface area contributed by atoms with E-state index in [-0.39, 0.29) is 16.4 Å². The Morgan fingerprint density at radius 2 is 1.96 bits per heavy atom. The standard InChI is InChI=1S/C16H25N3O3S/c1-15(2,3)14-17-12-11(13(20)18-14)6-8-16(12)7-5-9-19(10-16)23(4,21)22/h5-10H2,1-4H3,(H,17,18,20). The van der Waals surface area contributed by atoms with E-state index in [9.17, 15) is 13.2 Å². The van der Waals surface area contributed by atoms with Gasteiger partial charge in [-0.3, -0.25) is 4.79 Å². The first-order valence-corrected chi connectivity index (χ1v) is 9.97. The fourth-order valence-corrected chi connectivity index (χ4v) is 4.72. The van der Waals surface area contributed by atoms with Crippen LogP contribution in [0.3, 0.4) is 0 Å². The molecule has 1 spiro atoms. The number of sulfonamides is 1. The minimum absolute atomic E-state index is 0.0618. The number of aromatic nitrogens is 2. The van der Waals surface area contributed by atoms with E-state index in [4.69, 9.17) is 4.98 Å². The van der Waals surface area contributed by atoms with Crippen molar-refractivity contribution in [2.75, 3.05) is 19.3 Å². The molecule has 0 bridgehead atoms. The Kier molecular flexibility index (Phi) is 3.72. The minimum Gasteiger partial charge on any atom is -0.310 e. The predicted octanol–water partition coefficient (Wildman–Crippen LogP) is 1.31. The van der Waals surface area contributed by atoms with Crippen molar-refractivity contribution in [2.45, 2.75) is 57.3 Å². The number of rotatable bonds is 1. The van der Waals surface area contributed by atoms with Gasteiger partial charge in [-0.15, -0.1) is 0 Å². The van der Waals surface area contributed by atoms with Gasteiger partial charge in [-0.25, -0.2) is 17.7 Å². The summed E-state index contributed by atoms with van der Waals surface area (Å²) in [6.45, 7) is 7.05.